The number of benzene rings is 2. The van der Waals surface area contributed by atoms with Crippen molar-refractivity contribution in [1.82, 2.24) is 0 Å². The van der Waals surface area contributed by atoms with Crippen molar-refractivity contribution in [1.29, 1.82) is 0 Å². The van der Waals surface area contributed by atoms with E-state index in [0.29, 0.717) is 18.0 Å². The van der Waals surface area contributed by atoms with Crippen molar-refractivity contribution < 1.29 is 9.84 Å². The van der Waals surface area contributed by atoms with Crippen molar-refractivity contribution in [3.63, 3.8) is 0 Å². The van der Waals surface area contributed by atoms with Crippen molar-refractivity contribution in [2.45, 2.75) is 13.5 Å². The van der Waals surface area contributed by atoms with Gasteiger partial charge in [0.05, 0.1) is 5.69 Å². The number of aromatic hydroxyl groups is 1. The van der Waals surface area contributed by atoms with Gasteiger partial charge in [0.1, 0.15) is 18.1 Å². The summed E-state index contributed by atoms with van der Waals surface area (Å²) in [7, 11) is 0. The molecule has 0 saturated carbocycles. The summed E-state index contributed by atoms with van der Waals surface area (Å²) >= 11 is 3.39. The minimum Gasteiger partial charge on any atom is -0.508 e. The largest absolute Gasteiger partial charge is 0.508 e. The Morgan fingerprint density at radius 3 is 2.50 bits per heavy atom. The summed E-state index contributed by atoms with van der Waals surface area (Å²) in [6.07, 6.45) is 0. The summed E-state index contributed by atoms with van der Waals surface area (Å²) < 4.78 is 6.66. The summed E-state index contributed by atoms with van der Waals surface area (Å²) in [5.74, 6) is 0.948. The Kier molecular flexibility index (Phi) is 3.77. The first-order valence-electron chi connectivity index (χ1n) is 5.52. The third-order valence-electron chi connectivity index (χ3n) is 2.59. The number of ether oxygens (including phenoxy) is 1. The Bertz CT molecular complexity index is 529. The van der Waals surface area contributed by atoms with Gasteiger partial charge >= 0.3 is 0 Å². The van der Waals surface area contributed by atoms with Crippen molar-refractivity contribution >= 4 is 21.6 Å². The van der Waals surface area contributed by atoms with E-state index in [2.05, 4.69) is 15.9 Å². The number of anilines is 1. The van der Waals surface area contributed by atoms with Crippen LogP contribution in [0.1, 0.15) is 11.1 Å². The molecule has 2 rings (SSSR count). The highest BCUT2D eigenvalue weighted by atomic mass is 79.9. The van der Waals surface area contributed by atoms with Crippen molar-refractivity contribution in [2.75, 3.05) is 5.73 Å². The maximum Gasteiger partial charge on any atom is 0.145 e. The maximum absolute atomic E-state index is 9.19. The lowest BCUT2D eigenvalue weighted by Gasteiger charge is -2.12. The zero-order valence-corrected chi connectivity index (χ0v) is 11.6. The average molecular weight is 308 g/mol. The van der Waals surface area contributed by atoms with Gasteiger partial charge in [0.15, 0.2) is 0 Å². The molecule has 3 nitrogen and oxygen atoms in total. The van der Waals surface area contributed by atoms with Crippen LogP contribution < -0.4 is 10.5 Å². The van der Waals surface area contributed by atoms with E-state index >= 15 is 0 Å². The molecule has 0 aromatic heterocycles. The molecule has 0 aliphatic rings. The fourth-order valence-electron chi connectivity index (χ4n) is 1.70. The molecule has 0 aliphatic carbocycles. The van der Waals surface area contributed by atoms with Crippen molar-refractivity contribution in [3.05, 3.63) is 52.0 Å². The first-order valence-corrected chi connectivity index (χ1v) is 6.32. The molecule has 2 aromatic rings. The number of rotatable bonds is 3. The van der Waals surface area contributed by atoms with Crippen LogP contribution in [0.3, 0.4) is 0 Å². The molecule has 0 unspecified atom stereocenters. The van der Waals surface area contributed by atoms with Gasteiger partial charge in [-0.25, -0.2) is 0 Å². The first-order chi connectivity index (χ1) is 8.56. The number of halogens is 1. The van der Waals surface area contributed by atoms with E-state index in [1.54, 1.807) is 12.1 Å². The topological polar surface area (TPSA) is 55.5 Å². The Hall–Kier alpha value is -1.68. The Labute approximate surface area is 114 Å². The van der Waals surface area contributed by atoms with E-state index < -0.39 is 0 Å². The predicted molar refractivity (Wildman–Crippen MR) is 75.7 cm³/mol. The monoisotopic (exact) mass is 307 g/mol. The van der Waals surface area contributed by atoms with Crippen LogP contribution in [0.5, 0.6) is 11.5 Å². The summed E-state index contributed by atoms with van der Waals surface area (Å²) in [6.45, 7) is 2.38. The summed E-state index contributed by atoms with van der Waals surface area (Å²) in [6, 6.07) is 10.7. The van der Waals surface area contributed by atoms with Gasteiger partial charge in [0.25, 0.3) is 0 Å². The molecule has 4 heteroatoms. The van der Waals surface area contributed by atoms with Crippen LogP contribution in [0.25, 0.3) is 0 Å². The van der Waals surface area contributed by atoms with E-state index in [-0.39, 0.29) is 5.75 Å². The minimum atomic E-state index is 0.248. The van der Waals surface area contributed by atoms with E-state index in [1.807, 2.05) is 31.2 Å². The zero-order valence-electron chi connectivity index (χ0n) is 9.98. The quantitative estimate of drug-likeness (QED) is 0.851. The first kappa shape index (κ1) is 12.8. The predicted octanol–water partition coefficient (Wildman–Crippen LogP) is 3.62. The molecule has 0 aliphatic heterocycles. The molecule has 0 spiro atoms. The normalized spacial score (nSPS) is 10.3. The molecule has 0 saturated heterocycles. The lowest BCUT2D eigenvalue weighted by atomic mass is 10.2. The standard InChI is InChI=1S/C14H14BrNO2/c1-9-6-11(15)7-13(16)14(9)18-8-10-2-4-12(17)5-3-10/h2-7,17H,8,16H2,1H3. The number of phenolic OH excluding ortho intramolecular Hbond substituents is 1. The van der Waals surface area contributed by atoms with Crippen molar-refractivity contribution in [2.24, 2.45) is 0 Å². The van der Waals surface area contributed by atoms with Gasteiger partial charge in [-0.3, -0.25) is 0 Å². The van der Waals surface area contributed by atoms with Crippen LogP contribution in [0.2, 0.25) is 0 Å². The van der Waals surface area contributed by atoms with E-state index in [4.69, 9.17) is 10.5 Å². The SMILES string of the molecule is Cc1cc(Br)cc(N)c1OCc1ccc(O)cc1. The van der Waals surface area contributed by atoms with E-state index in [9.17, 15) is 5.11 Å². The molecule has 0 radical (unpaired) electrons. The fraction of sp³-hybridized carbons (Fsp3) is 0.143. The molecule has 0 fully saturated rings. The van der Waals surface area contributed by atoms with Crippen LogP contribution in [-0.2, 0) is 6.61 Å². The lowest BCUT2D eigenvalue weighted by Crippen LogP contribution is -2.00. The third kappa shape index (κ3) is 2.96. The Morgan fingerprint density at radius 2 is 1.89 bits per heavy atom. The van der Waals surface area contributed by atoms with Gasteiger partial charge in [-0.2, -0.15) is 0 Å². The van der Waals surface area contributed by atoms with Gasteiger partial charge in [0, 0.05) is 4.47 Å². The summed E-state index contributed by atoms with van der Waals surface area (Å²) in [5.41, 5.74) is 8.49. The van der Waals surface area contributed by atoms with Crippen LogP contribution in [0, 0.1) is 6.92 Å². The molecule has 0 heterocycles. The third-order valence-corrected chi connectivity index (χ3v) is 3.05. The van der Waals surface area contributed by atoms with E-state index in [0.717, 1.165) is 15.6 Å². The van der Waals surface area contributed by atoms with Gasteiger partial charge in [-0.15, -0.1) is 0 Å². The molecule has 94 valence electrons. The highest BCUT2D eigenvalue weighted by Crippen LogP contribution is 2.30. The number of nitrogen functional groups attached to an aromatic ring is 1. The van der Waals surface area contributed by atoms with Gasteiger partial charge < -0.3 is 15.6 Å². The van der Waals surface area contributed by atoms with Crippen LogP contribution in [0.15, 0.2) is 40.9 Å². The molecule has 0 atom stereocenters. The Morgan fingerprint density at radius 1 is 1.22 bits per heavy atom. The molecular formula is C14H14BrNO2. The number of phenols is 1. The molecule has 18 heavy (non-hydrogen) atoms. The maximum atomic E-state index is 9.19. The van der Waals surface area contributed by atoms with E-state index in [1.165, 1.54) is 0 Å². The fourth-order valence-corrected chi connectivity index (χ4v) is 2.29. The molecule has 0 amide bonds. The summed E-state index contributed by atoms with van der Waals surface area (Å²) in [4.78, 5) is 0. The smallest absolute Gasteiger partial charge is 0.145 e. The van der Waals surface area contributed by atoms with Gasteiger partial charge in [-0.1, -0.05) is 28.1 Å². The number of aryl methyl sites for hydroxylation is 1. The molecule has 0 bridgehead atoms. The second kappa shape index (κ2) is 5.31. The van der Waals surface area contributed by atoms with Gasteiger partial charge in [0.2, 0.25) is 0 Å². The second-order valence-electron chi connectivity index (χ2n) is 4.10. The Balaban J connectivity index is 2.13. The van der Waals surface area contributed by atoms with Crippen LogP contribution in [-0.4, -0.2) is 5.11 Å². The molecule has 3 N–H and O–H groups in total. The molecule has 2 aromatic carbocycles. The minimum absolute atomic E-state index is 0.248. The second-order valence-corrected chi connectivity index (χ2v) is 5.01. The highest BCUT2D eigenvalue weighted by molar-refractivity contribution is 9.10. The number of hydrogen-bond acceptors (Lipinski definition) is 3. The van der Waals surface area contributed by atoms with Crippen LogP contribution in [0.4, 0.5) is 5.69 Å². The zero-order chi connectivity index (χ0) is 13.1. The highest BCUT2D eigenvalue weighted by Gasteiger charge is 2.06. The lowest BCUT2D eigenvalue weighted by molar-refractivity contribution is 0.305. The van der Waals surface area contributed by atoms with Gasteiger partial charge in [-0.05, 0) is 42.3 Å². The molecular weight excluding hydrogens is 294 g/mol. The average Bonchev–Trinajstić information content (AvgIpc) is 2.30. The van der Waals surface area contributed by atoms with Crippen LogP contribution >= 0.6 is 15.9 Å². The van der Waals surface area contributed by atoms with Crippen molar-refractivity contribution in [3.8, 4) is 11.5 Å². The summed E-state index contributed by atoms with van der Waals surface area (Å²) in [5, 5.41) is 9.19. The number of hydrogen-bond donors (Lipinski definition) is 2. The number of nitrogens with two attached hydrogens (primary N) is 1.